The third-order valence-electron chi connectivity index (χ3n) is 2.72. The zero-order valence-electron chi connectivity index (χ0n) is 10.5. The number of rotatable bonds is 4. The molecule has 0 N–H and O–H groups in total. The van der Waals surface area contributed by atoms with Crippen LogP contribution in [0.5, 0.6) is 0 Å². The Labute approximate surface area is 116 Å². The van der Waals surface area contributed by atoms with E-state index in [4.69, 9.17) is 0 Å². The van der Waals surface area contributed by atoms with E-state index in [9.17, 15) is 28.5 Å². The number of pyridine rings is 1. The van der Waals surface area contributed by atoms with Crippen LogP contribution in [-0.2, 0) is 6.54 Å². The average Bonchev–Trinajstić information content (AvgIpc) is 2.43. The van der Waals surface area contributed by atoms with Crippen LogP contribution in [0.1, 0.15) is 10.4 Å². The van der Waals surface area contributed by atoms with Gasteiger partial charge in [-0.25, -0.2) is 8.78 Å². The fourth-order valence-electron chi connectivity index (χ4n) is 1.70. The van der Waals surface area contributed by atoms with Crippen molar-refractivity contribution in [3.05, 3.63) is 74.2 Å². The maximum absolute atomic E-state index is 13.4. The van der Waals surface area contributed by atoms with E-state index in [1.165, 1.54) is 0 Å². The Morgan fingerprint density at radius 2 is 1.95 bits per heavy atom. The molecule has 0 atom stereocenters. The summed E-state index contributed by atoms with van der Waals surface area (Å²) < 4.78 is 27.2. The molecule has 0 bridgehead atoms. The molecule has 0 amide bonds. The predicted molar refractivity (Wildman–Crippen MR) is 68.0 cm³/mol. The lowest BCUT2D eigenvalue weighted by Crippen LogP contribution is -2.24. The Morgan fingerprint density at radius 1 is 1.24 bits per heavy atom. The first-order valence-corrected chi connectivity index (χ1v) is 5.71. The Bertz CT molecular complexity index is 786. The van der Waals surface area contributed by atoms with Gasteiger partial charge in [0, 0.05) is 12.1 Å². The van der Waals surface area contributed by atoms with Gasteiger partial charge in [-0.1, -0.05) is 0 Å². The molecule has 108 valence electrons. The van der Waals surface area contributed by atoms with Gasteiger partial charge in [0.15, 0.2) is 5.78 Å². The highest BCUT2D eigenvalue weighted by atomic mass is 19.1. The molecule has 0 saturated heterocycles. The number of hydrogen-bond acceptors (Lipinski definition) is 4. The van der Waals surface area contributed by atoms with E-state index in [0.717, 1.165) is 35.0 Å². The fourth-order valence-corrected chi connectivity index (χ4v) is 1.70. The highest BCUT2D eigenvalue weighted by Gasteiger charge is 2.15. The molecule has 8 heteroatoms. The lowest BCUT2D eigenvalue weighted by molar-refractivity contribution is -0.385. The Hall–Kier alpha value is -2.90. The van der Waals surface area contributed by atoms with Crippen LogP contribution < -0.4 is 5.56 Å². The highest BCUT2D eigenvalue weighted by Crippen LogP contribution is 2.12. The van der Waals surface area contributed by atoms with Gasteiger partial charge in [0.1, 0.15) is 11.6 Å². The summed E-state index contributed by atoms with van der Waals surface area (Å²) in [6, 6.07) is 4.27. The molecule has 0 spiro atoms. The summed E-state index contributed by atoms with van der Waals surface area (Å²) in [4.78, 5) is 33.3. The zero-order valence-corrected chi connectivity index (χ0v) is 10.5. The van der Waals surface area contributed by atoms with Gasteiger partial charge >= 0.3 is 0 Å². The summed E-state index contributed by atoms with van der Waals surface area (Å²) in [6.45, 7) is -0.624. The van der Waals surface area contributed by atoms with Crippen LogP contribution in [0.4, 0.5) is 14.5 Å². The van der Waals surface area contributed by atoms with Crippen LogP contribution in [-0.4, -0.2) is 15.3 Å². The number of nitro groups is 1. The van der Waals surface area contributed by atoms with E-state index in [2.05, 4.69) is 0 Å². The fraction of sp³-hybridized carbons (Fsp3) is 0.0769. The first kappa shape index (κ1) is 14.5. The second-order valence-corrected chi connectivity index (χ2v) is 4.16. The number of benzene rings is 1. The van der Waals surface area contributed by atoms with E-state index in [1.807, 2.05) is 0 Å². The number of nitrogens with zero attached hydrogens (tertiary/aromatic N) is 2. The van der Waals surface area contributed by atoms with Crippen molar-refractivity contribution in [2.45, 2.75) is 6.54 Å². The van der Waals surface area contributed by atoms with Crippen LogP contribution in [0.2, 0.25) is 0 Å². The molecule has 0 unspecified atom stereocenters. The van der Waals surface area contributed by atoms with Crippen molar-refractivity contribution in [3.63, 3.8) is 0 Å². The van der Waals surface area contributed by atoms with Gasteiger partial charge in [0.25, 0.3) is 11.2 Å². The molecule has 1 heterocycles. The lowest BCUT2D eigenvalue weighted by atomic mass is 10.1. The maximum atomic E-state index is 13.4. The second kappa shape index (κ2) is 5.61. The molecular weight excluding hydrogens is 286 g/mol. The minimum absolute atomic E-state index is 0.387. The highest BCUT2D eigenvalue weighted by molar-refractivity contribution is 5.96. The Morgan fingerprint density at radius 3 is 2.62 bits per heavy atom. The molecule has 2 aromatic rings. The molecule has 0 aliphatic heterocycles. The van der Waals surface area contributed by atoms with E-state index in [0.29, 0.717) is 6.07 Å². The number of ketones is 1. The summed E-state index contributed by atoms with van der Waals surface area (Å²) in [7, 11) is 0. The molecule has 6 nitrogen and oxygen atoms in total. The molecule has 0 saturated carbocycles. The van der Waals surface area contributed by atoms with Gasteiger partial charge in [0.05, 0.1) is 23.2 Å². The van der Waals surface area contributed by atoms with E-state index < -0.39 is 40.0 Å². The quantitative estimate of drug-likeness (QED) is 0.490. The summed E-state index contributed by atoms with van der Waals surface area (Å²) in [5, 5.41) is 10.6. The van der Waals surface area contributed by atoms with Gasteiger partial charge in [-0.2, -0.15) is 0 Å². The van der Waals surface area contributed by atoms with Gasteiger partial charge in [0.2, 0.25) is 0 Å². The molecule has 0 aliphatic rings. The predicted octanol–water partition coefficient (Wildman–Crippen LogP) is 1.92. The van der Waals surface area contributed by atoms with Gasteiger partial charge in [-0.15, -0.1) is 0 Å². The maximum Gasteiger partial charge on any atom is 0.285 e. The number of hydrogen-bond donors (Lipinski definition) is 0. The van der Waals surface area contributed by atoms with Gasteiger partial charge < -0.3 is 4.57 Å². The standard InChI is InChI=1S/C13H8F2N2O4/c14-8-1-3-11(15)10(5-8)12(18)7-16-6-9(17(20)21)2-4-13(16)19/h1-6H,7H2. The van der Waals surface area contributed by atoms with Crippen LogP contribution >= 0.6 is 0 Å². The van der Waals surface area contributed by atoms with Crippen molar-refractivity contribution in [2.24, 2.45) is 0 Å². The normalized spacial score (nSPS) is 10.4. The minimum Gasteiger partial charge on any atom is -0.301 e. The van der Waals surface area contributed by atoms with Crippen molar-refractivity contribution in [1.82, 2.24) is 4.57 Å². The van der Waals surface area contributed by atoms with Crippen LogP contribution in [0.3, 0.4) is 0 Å². The SMILES string of the molecule is O=C(Cn1cc([N+](=O)[O-])ccc1=O)c1cc(F)ccc1F. The van der Waals surface area contributed by atoms with Crippen molar-refractivity contribution in [3.8, 4) is 0 Å². The molecule has 21 heavy (non-hydrogen) atoms. The molecule has 0 aliphatic carbocycles. The molecule has 1 aromatic carbocycles. The van der Waals surface area contributed by atoms with Crippen LogP contribution in [0.15, 0.2) is 41.3 Å². The first-order chi connectivity index (χ1) is 9.88. The van der Waals surface area contributed by atoms with Crippen molar-refractivity contribution >= 4 is 11.5 Å². The molecule has 2 rings (SSSR count). The number of carbonyl (C=O) groups is 1. The summed E-state index contributed by atoms with van der Waals surface area (Å²) in [6.07, 6.45) is 0.872. The minimum atomic E-state index is -0.931. The number of aromatic nitrogens is 1. The number of Topliss-reactive ketones (excluding diaryl/α,β-unsaturated/α-hetero) is 1. The first-order valence-electron chi connectivity index (χ1n) is 5.71. The van der Waals surface area contributed by atoms with E-state index in [-0.39, 0.29) is 5.69 Å². The van der Waals surface area contributed by atoms with Crippen molar-refractivity contribution in [1.29, 1.82) is 0 Å². The topological polar surface area (TPSA) is 82.2 Å². The lowest BCUT2D eigenvalue weighted by Gasteiger charge is -2.05. The number of carbonyl (C=O) groups excluding carboxylic acids is 1. The van der Waals surface area contributed by atoms with Gasteiger partial charge in [-0.05, 0) is 18.2 Å². The smallest absolute Gasteiger partial charge is 0.285 e. The van der Waals surface area contributed by atoms with E-state index in [1.54, 1.807) is 0 Å². The summed E-state index contributed by atoms with van der Waals surface area (Å²) in [5.74, 6) is -2.60. The molecular formula is C13H8F2N2O4. The third-order valence-corrected chi connectivity index (χ3v) is 2.72. The van der Waals surface area contributed by atoms with Crippen molar-refractivity contribution in [2.75, 3.05) is 0 Å². The molecule has 1 aromatic heterocycles. The van der Waals surface area contributed by atoms with Crippen LogP contribution in [0.25, 0.3) is 0 Å². The average molecular weight is 294 g/mol. The summed E-state index contributed by atoms with van der Waals surface area (Å²) >= 11 is 0. The third kappa shape index (κ3) is 3.16. The Balaban J connectivity index is 2.35. The summed E-state index contributed by atoms with van der Waals surface area (Å²) in [5.41, 5.74) is -1.57. The van der Waals surface area contributed by atoms with Gasteiger partial charge in [-0.3, -0.25) is 19.7 Å². The molecule has 0 fully saturated rings. The Kier molecular flexibility index (Phi) is 3.88. The van der Waals surface area contributed by atoms with Crippen molar-refractivity contribution < 1.29 is 18.5 Å². The second-order valence-electron chi connectivity index (χ2n) is 4.16. The zero-order chi connectivity index (χ0) is 15.6. The molecule has 0 radical (unpaired) electrons. The van der Waals surface area contributed by atoms with E-state index >= 15 is 0 Å². The largest absolute Gasteiger partial charge is 0.301 e. The van der Waals surface area contributed by atoms with Crippen LogP contribution in [0, 0.1) is 21.7 Å². The monoisotopic (exact) mass is 294 g/mol. The number of halogens is 2.